The van der Waals surface area contributed by atoms with Crippen LogP contribution in [0.2, 0.25) is 0 Å². The molecule has 1 N–H and O–H groups in total. The van der Waals surface area contributed by atoms with Crippen LogP contribution in [-0.4, -0.2) is 51.6 Å². The maximum atomic E-state index is 12.6. The number of hydrogen-bond donors (Lipinski definition) is 1. The number of thioether (sulfide) groups is 1. The molecule has 1 amide bonds. The van der Waals surface area contributed by atoms with E-state index in [1.54, 1.807) is 7.05 Å². The summed E-state index contributed by atoms with van der Waals surface area (Å²) in [6, 6.07) is -0.681. The zero-order valence-electron chi connectivity index (χ0n) is 12.5. The number of carbonyl (C=O) groups is 1. The van der Waals surface area contributed by atoms with Gasteiger partial charge in [0, 0.05) is 24.5 Å². The van der Waals surface area contributed by atoms with E-state index in [9.17, 15) is 13.2 Å². The Hall–Kier alpha value is -1.06. The predicted molar refractivity (Wildman–Crippen MR) is 81.2 cm³/mol. The van der Waals surface area contributed by atoms with E-state index in [1.807, 2.05) is 20.8 Å². The van der Waals surface area contributed by atoms with Gasteiger partial charge in [0.15, 0.2) is 0 Å². The van der Waals surface area contributed by atoms with Crippen LogP contribution in [0.3, 0.4) is 0 Å². The number of sulfonamides is 1. The first-order chi connectivity index (χ1) is 9.61. The fourth-order valence-electron chi connectivity index (χ4n) is 1.99. The minimum Gasteiger partial charge on any atom is -0.350 e. The van der Waals surface area contributed by atoms with E-state index in [0.717, 1.165) is 0 Å². The lowest BCUT2D eigenvalue weighted by molar-refractivity contribution is -0.125. The van der Waals surface area contributed by atoms with Crippen LogP contribution < -0.4 is 5.32 Å². The minimum atomic E-state index is -3.70. The van der Waals surface area contributed by atoms with Gasteiger partial charge in [0.05, 0.1) is 12.1 Å². The Bertz CT molecular complexity index is 633. The molecule has 0 radical (unpaired) electrons. The molecule has 0 saturated carbocycles. The van der Waals surface area contributed by atoms with Gasteiger partial charge in [-0.25, -0.2) is 8.42 Å². The van der Waals surface area contributed by atoms with Gasteiger partial charge in [-0.1, -0.05) is 0 Å². The van der Waals surface area contributed by atoms with Crippen molar-refractivity contribution < 1.29 is 13.2 Å². The summed E-state index contributed by atoms with van der Waals surface area (Å²) < 4.78 is 27.9. The highest BCUT2D eigenvalue weighted by atomic mass is 32.2. The molecule has 1 aliphatic heterocycles. The molecule has 1 saturated heterocycles. The van der Waals surface area contributed by atoms with Crippen molar-refractivity contribution in [2.24, 2.45) is 7.05 Å². The summed E-state index contributed by atoms with van der Waals surface area (Å²) in [5, 5.41) is 6.73. The Labute approximate surface area is 129 Å². The summed E-state index contributed by atoms with van der Waals surface area (Å²) in [7, 11) is -2.05. The molecule has 0 aromatic carbocycles. The molecule has 0 spiro atoms. The second kappa shape index (κ2) is 5.62. The van der Waals surface area contributed by atoms with E-state index < -0.39 is 21.6 Å². The van der Waals surface area contributed by atoms with Crippen LogP contribution in [0.25, 0.3) is 0 Å². The van der Waals surface area contributed by atoms with Gasteiger partial charge in [-0.2, -0.15) is 9.40 Å². The van der Waals surface area contributed by atoms with Crippen LogP contribution in [0, 0.1) is 0 Å². The number of nitrogens with one attached hydrogen (secondary N) is 1. The smallest absolute Gasteiger partial charge is 0.247 e. The Balaban J connectivity index is 2.24. The lowest BCUT2D eigenvalue weighted by Crippen LogP contribution is -2.52. The molecule has 1 unspecified atom stereocenters. The van der Waals surface area contributed by atoms with Crippen LogP contribution in [0.5, 0.6) is 0 Å². The van der Waals surface area contributed by atoms with Gasteiger partial charge in [-0.05, 0) is 20.8 Å². The number of rotatable bonds is 3. The number of hydrogen-bond acceptors (Lipinski definition) is 5. The summed E-state index contributed by atoms with van der Waals surface area (Å²) >= 11 is 1.43. The first kappa shape index (κ1) is 16.3. The minimum absolute atomic E-state index is 0.112. The van der Waals surface area contributed by atoms with Crippen LogP contribution in [0.1, 0.15) is 20.8 Å². The van der Waals surface area contributed by atoms with E-state index in [-0.39, 0.29) is 16.7 Å². The van der Waals surface area contributed by atoms with Gasteiger partial charge < -0.3 is 5.32 Å². The van der Waals surface area contributed by atoms with Crippen LogP contribution in [0.15, 0.2) is 17.3 Å². The fourth-order valence-corrected chi connectivity index (χ4v) is 5.13. The molecule has 1 aromatic heterocycles. The van der Waals surface area contributed by atoms with Crippen molar-refractivity contribution in [1.82, 2.24) is 19.4 Å². The lowest BCUT2D eigenvalue weighted by Gasteiger charge is -2.26. The molecule has 1 aromatic rings. The van der Waals surface area contributed by atoms with Gasteiger partial charge in [0.2, 0.25) is 15.9 Å². The van der Waals surface area contributed by atoms with Gasteiger partial charge in [-0.15, -0.1) is 11.8 Å². The molecule has 0 aliphatic carbocycles. The van der Waals surface area contributed by atoms with Crippen molar-refractivity contribution in [3.05, 3.63) is 12.4 Å². The average molecular weight is 332 g/mol. The van der Waals surface area contributed by atoms with Crippen molar-refractivity contribution >= 4 is 27.7 Å². The number of nitrogens with zero attached hydrogens (tertiary/aromatic N) is 3. The number of aryl methyl sites for hydroxylation is 1. The van der Waals surface area contributed by atoms with E-state index >= 15 is 0 Å². The summed E-state index contributed by atoms with van der Waals surface area (Å²) in [6.45, 7) is 5.60. The highest BCUT2D eigenvalue weighted by molar-refractivity contribution is 8.00. The first-order valence-electron chi connectivity index (χ1n) is 6.51. The van der Waals surface area contributed by atoms with Gasteiger partial charge in [0.25, 0.3) is 0 Å². The first-order valence-corrected chi connectivity index (χ1v) is 9.11. The van der Waals surface area contributed by atoms with Crippen molar-refractivity contribution in [2.45, 2.75) is 37.2 Å². The van der Waals surface area contributed by atoms with Crippen LogP contribution >= 0.6 is 11.8 Å². The van der Waals surface area contributed by atoms with Crippen molar-refractivity contribution in [3.8, 4) is 0 Å². The normalized spacial score (nSPS) is 20.7. The third-order valence-corrected chi connectivity index (χ3v) is 5.91. The zero-order valence-corrected chi connectivity index (χ0v) is 14.2. The van der Waals surface area contributed by atoms with Crippen molar-refractivity contribution in [3.63, 3.8) is 0 Å². The van der Waals surface area contributed by atoms with Crippen molar-refractivity contribution in [2.75, 3.05) is 11.6 Å². The SMILES string of the molecule is Cn1cc(S(=O)(=O)N2CSCC2C(=O)NC(C)(C)C)cn1. The number of aromatic nitrogens is 2. The highest BCUT2D eigenvalue weighted by Gasteiger charge is 2.41. The van der Waals surface area contributed by atoms with Gasteiger partial charge in [0.1, 0.15) is 10.9 Å². The Morgan fingerprint density at radius 3 is 2.67 bits per heavy atom. The van der Waals surface area contributed by atoms with E-state index in [1.165, 1.54) is 33.1 Å². The summed E-state index contributed by atoms with van der Waals surface area (Å²) in [5.41, 5.74) is -0.395. The van der Waals surface area contributed by atoms with Gasteiger partial charge in [-0.3, -0.25) is 9.48 Å². The lowest BCUT2D eigenvalue weighted by atomic mass is 10.1. The molecule has 1 atom stereocenters. The summed E-state index contributed by atoms with van der Waals surface area (Å²) in [4.78, 5) is 12.4. The standard InChI is InChI=1S/C12H20N4O3S2/c1-12(2,3)14-11(17)10-7-20-8-16(10)21(18,19)9-5-13-15(4)6-9/h5-6,10H,7-8H2,1-4H3,(H,14,17). The van der Waals surface area contributed by atoms with Crippen LogP contribution in [0.4, 0.5) is 0 Å². The Morgan fingerprint density at radius 1 is 1.48 bits per heavy atom. The average Bonchev–Trinajstić information content (AvgIpc) is 2.94. The molecule has 9 heteroatoms. The maximum Gasteiger partial charge on any atom is 0.247 e. The number of amides is 1. The Morgan fingerprint density at radius 2 is 2.14 bits per heavy atom. The van der Waals surface area contributed by atoms with E-state index in [4.69, 9.17) is 0 Å². The second-order valence-corrected chi connectivity index (χ2v) is 8.89. The second-order valence-electron chi connectivity index (χ2n) is 6.00. The monoisotopic (exact) mass is 332 g/mol. The summed E-state index contributed by atoms with van der Waals surface area (Å²) in [6.07, 6.45) is 2.74. The molecular weight excluding hydrogens is 312 g/mol. The van der Waals surface area contributed by atoms with Gasteiger partial charge >= 0.3 is 0 Å². The quantitative estimate of drug-likeness (QED) is 0.866. The third kappa shape index (κ3) is 3.58. The maximum absolute atomic E-state index is 12.6. The highest BCUT2D eigenvalue weighted by Crippen LogP contribution is 2.28. The molecule has 2 rings (SSSR count). The largest absolute Gasteiger partial charge is 0.350 e. The summed E-state index contributed by atoms with van der Waals surface area (Å²) in [5.74, 6) is 0.473. The van der Waals surface area contributed by atoms with Crippen molar-refractivity contribution in [1.29, 1.82) is 0 Å². The van der Waals surface area contributed by atoms with Crippen LogP contribution in [-0.2, 0) is 21.9 Å². The molecular formula is C12H20N4O3S2. The molecule has 118 valence electrons. The predicted octanol–water partition coefficient (Wildman–Crippen LogP) is 0.398. The molecule has 2 heterocycles. The zero-order chi connectivity index (χ0) is 15.8. The van der Waals surface area contributed by atoms with E-state index in [0.29, 0.717) is 5.75 Å². The Kier molecular flexibility index (Phi) is 4.36. The molecule has 7 nitrogen and oxygen atoms in total. The number of carbonyl (C=O) groups excluding carboxylic acids is 1. The fraction of sp³-hybridized carbons (Fsp3) is 0.667. The molecule has 1 aliphatic rings. The molecule has 21 heavy (non-hydrogen) atoms. The molecule has 1 fully saturated rings. The topological polar surface area (TPSA) is 84.3 Å². The molecule has 0 bridgehead atoms. The third-order valence-electron chi connectivity index (χ3n) is 2.93. The van der Waals surface area contributed by atoms with E-state index in [2.05, 4.69) is 10.4 Å².